The number of hydrogen-bond acceptors (Lipinski definition) is 6. The highest BCUT2D eigenvalue weighted by Gasteiger charge is 2.23. The van der Waals surface area contributed by atoms with Gasteiger partial charge in [-0.15, -0.1) is 0 Å². The predicted octanol–water partition coefficient (Wildman–Crippen LogP) is 5.21. The van der Waals surface area contributed by atoms with Gasteiger partial charge in [0.05, 0.1) is 11.7 Å². The van der Waals surface area contributed by atoms with E-state index in [0.29, 0.717) is 34.0 Å². The van der Waals surface area contributed by atoms with Gasteiger partial charge in [0.15, 0.2) is 23.7 Å². The van der Waals surface area contributed by atoms with Crippen LogP contribution in [0.2, 0.25) is 5.02 Å². The third-order valence-electron chi connectivity index (χ3n) is 6.28. The van der Waals surface area contributed by atoms with E-state index in [0.717, 1.165) is 44.7 Å². The van der Waals surface area contributed by atoms with E-state index in [-0.39, 0.29) is 16.9 Å². The molecule has 1 fully saturated rings. The van der Waals surface area contributed by atoms with Gasteiger partial charge in [0.2, 0.25) is 0 Å². The quantitative estimate of drug-likeness (QED) is 0.305. The highest BCUT2D eigenvalue weighted by atomic mass is 35.5. The Morgan fingerprint density at radius 2 is 2.06 bits per heavy atom. The molecule has 3 N–H and O–H groups in total. The summed E-state index contributed by atoms with van der Waals surface area (Å²) >= 11 is 5.98. The number of nitrogens with zero attached hydrogens (tertiary/aromatic N) is 4. The van der Waals surface area contributed by atoms with Crippen LogP contribution in [-0.2, 0) is 6.54 Å². The summed E-state index contributed by atoms with van der Waals surface area (Å²) < 4.78 is 30.0. The molecule has 2 atom stereocenters. The van der Waals surface area contributed by atoms with Crippen LogP contribution in [0.3, 0.4) is 0 Å². The van der Waals surface area contributed by atoms with E-state index in [1.807, 2.05) is 14.0 Å². The lowest BCUT2D eigenvalue weighted by molar-refractivity contribution is 0.111. The molecule has 4 aromatic rings. The van der Waals surface area contributed by atoms with Crippen molar-refractivity contribution in [2.75, 3.05) is 12.4 Å². The summed E-state index contributed by atoms with van der Waals surface area (Å²) in [4.78, 5) is 21.5. The molecule has 36 heavy (non-hydrogen) atoms. The van der Waals surface area contributed by atoms with Crippen molar-refractivity contribution in [2.45, 2.75) is 51.2 Å². The second kappa shape index (κ2) is 11.6. The molecule has 0 radical (unpaired) electrons. The molecule has 1 aliphatic rings. The van der Waals surface area contributed by atoms with Gasteiger partial charge in [-0.3, -0.25) is 9.48 Å². The van der Waals surface area contributed by atoms with E-state index < -0.39 is 11.6 Å². The van der Waals surface area contributed by atoms with Gasteiger partial charge >= 0.3 is 0 Å². The van der Waals surface area contributed by atoms with Gasteiger partial charge in [-0.05, 0) is 57.9 Å². The van der Waals surface area contributed by atoms with E-state index in [1.54, 1.807) is 29.2 Å². The summed E-state index contributed by atoms with van der Waals surface area (Å²) in [6.07, 6.45) is 9.23. The van der Waals surface area contributed by atoms with Crippen LogP contribution in [0.1, 0.15) is 43.1 Å². The minimum absolute atomic E-state index is 0.142. The molecule has 3 heterocycles. The first-order valence-corrected chi connectivity index (χ1v) is 12.2. The molecule has 190 valence electrons. The number of aryl methyl sites for hydroxylation is 1. The van der Waals surface area contributed by atoms with E-state index >= 15 is 0 Å². The predicted molar refractivity (Wildman–Crippen MR) is 136 cm³/mol. The van der Waals surface area contributed by atoms with Crippen molar-refractivity contribution >= 4 is 34.6 Å². The second-order valence-corrected chi connectivity index (χ2v) is 9.02. The van der Waals surface area contributed by atoms with E-state index in [9.17, 15) is 13.6 Å². The molecule has 0 amide bonds. The molecule has 1 saturated carbocycles. The third kappa shape index (κ3) is 5.71. The number of fused-ring (bicyclic) bond motifs is 1. The van der Waals surface area contributed by atoms with Crippen LogP contribution in [0, 0.1) is 11.6 Å². The van der Waals surface area contributed by atoms with Crippen molar-refractivity contribution in [2.24, 2.45) is 0 Å². The van der Waals surface area contributed by atoms with E-state index in [4.69, 9.17) is 11.6 Å². The summed E-state index contributed by atoms with van der Waals surface area (Å²) in [5.74, 6) is -0.481. The maximum absolute atomic E-state index is 14.3. The molecule has 3 aromatic heterocycles. The Labute approximate surface area is 212 Å². The molecule has 1 aliphatic carbocycles. The van der Waals surface area contributed by atoms with Crippen LogP contribution in [0.4, 0.5) is 14.6 Å². The van der Waals surface area contributed by atoms with Crippen LogP contribution < -0.4 is 10.6 Å². The van der Waals surface area contributed by atoms with Gasteiger partial charge in [-0.25, -0.2) is 18.7 Å². The fourth-order valence-corrected chi connectivity index (χ4v) is 4.63. The van der Waals surface area contributed by atoms with Crippen LogP contribution in [0.5, 0.6) is 0 Å². The van der Waals surface area contributed by atoms with Gasteiger partial charge in [0.25, 0.3) is 0 Å². The van der Waals surface area contributed by atoms with Gasteiger partial charge in [0, 0.05) is 47.0 Å². The number of aldehydes is 1. The average molecular weight is 516 g/mol. The first kappa shape index (κ1) is 25.7. The van der Waals surface area contributed by atoms with E-state index in [1.165, 1.54) is 6.07 Å². The molecular weight excluding hydrogens is 488 g/mol. The number of rotatable bonds is 6. The maximum Gasteiger partial charge on any atom is 0.183 e. The Morgan fingerprint density at radius 3 is 2.78 bits per heavy atom. The van der Waals surface area contributed by atoms with Crippen LogP contribution in [0.15, 0.2) is 36.8 Å². The fourth-order valence-electron chi connectivity index (χ4n) is 4.42. The summed E-state index contributed by atoms with van der Waals surface area (Å²) in [5, 5.41) is 11.2. The zero-order valence-electron chi connectivity index (χ0n) is 20.1. The van der Waals surface area contributed by atoms with Crippen molar-refractivity contribution in [3.05, 3.63) is 59.1 Å². The minimum Gasteiger partial charge on any atom is -0.365 e. The lowest BCUT2D eigenvalue weighted by atomic mass is 9.91. The standard InChI is InChI=1S/C19H20ClF2N5.C6H8N2O/c1-23-11-3-2-4-12(7-11)26-19-16(22)9-25-18(27-19)14-8-24-17-13(14)5-10(20)6-15(17)21;1-2-8-6(5-9)3-4-7-8/h5-6,8-9,11-12,23-24H,2-4,7H2,1H3,(H,25,26,27);3-5H,2H2,1H3/t11-,12+;/m1./s1. The number of nitrogens with one attached hydrogen (secondary N) is 3. The average Bonchev–Trinajstić information content (AvgIpc) is 3.53. The third-order valence-corrected chi connectivity index (χ3v) is 6.50. The molecule has 0 spiro atoms. The lowest BCUT2D eigenvalue weighted by Gasteiger charge is -2.29. The molecular formula is C25H28ClF2N7O. The Kier molecular flexibility index (Phi) is 8.27. The lowest BCUT2D eigenvalue weighted by Crippen LogP contribution is -2.37. The van der Waals surface area contributed by atoms with Crippen LogP contribution in [-0.4, -0.2) is 50.1 Å². The summed E-state index contributed by atoms with van der Waals surface area (Å²) in [6.45, 7) is 2.70. The summed E-state index contributed by atoms with van der Waals surface area (Å²) in [7, 11) is 1.94. The van der Waals surface area contributed by atoms with Crippen molar-refractivity contribution in [1.29, 1.82) is 0 Å². The zero-order valence-corrected chi connectivity index (χ0v) is 20.8. The van der Waals surface area contributed by atoms with Crippen LogP contribution in [0.25, 0.3) is 22.3 Å². The molecule has 0 aliphatic heterocycles. The summed E-state index contributed by atoms with van der Waals surface area (Å²) in [6, 6.07) is 5.13. The largest absolute Gasteiger partial charge is 0.365 e. The minimum atomic E-state index is -0.505. The van der Waals surface area contributed by atoms with E-state index in [2.05, 4.69) is 30.7 Å². The van der Waals surface area contributed by atoms with Crippen molar-refractivity contribution < 1.29 is 13.6 Å². The Bertz CT molecular complexity index is 1340. The SMILES string of the molecule is CCn1nccc1C=O.CN[C@@H]1CCC[C@H](Nc2nc(-c3c[nH]c4c(F)cc(Cl)cc34)ncc2F)C1. The molecule has 1 aromatic carbocycles. The first-order chi connectivity index (χ1) is 17.4. The highest BCUT2D eigenvalue weighted by molar-refractivity contribution is 6.31. The summed E-state index contributed by atoms with van der Waals surface area (Å²) in [5.41, 5.74) is 1.53. The number of aromatic amines is 1. The smallest absolute Gasteiger partial charge is 0.183 e. The molecule has 0 bridgehead atoms. The number of benzene rings is 1. The van der Waals surface area contributed by atoms with Crippen molar-refractivity contribution in [3.8, 4) is 11.4 Å². The number of halogens is 3. The molecule has 5 rings (SSSR count). The van der Waals surface area contributed by atoms with Gasteiger partial charge in [-0.2, -0.15) is 5.10 Å². The number of H-pyrrole nitrogens is 1. The Balaban J connectivity index is 0.000000286. The molecule has 0 saturated heterocycles. The van der Waals surface area contributed by atoms with Gasteiger partial charge < -0.3 is 15.6 Å². The number of anilines is 1. The normalized spacial score (nSPS) is 17.5. The second-order valence-electron chi connectivity index (χ2n) is 8.59. The topological polar surface area (TPSA) is 101 Å². The zero-order chi connectivity index (χ0) is 25.7. The van der Waals surface area contributed by atoms with Gasteiger partial charge in [-0.1, -0.05) is 11.6 Å². The molecule has 0 unspecified atom stereocenters. The fraction of sp³-hybridized carbons (Fsp3) is 0.360. The van der Waals surface area contributed by atoms with Crippen molar-refractivity contribution in [3.63, 3.8) is 0 Å². The monoisotopic (exact) mass is 515 g/mol. The van der Waals surface area contributed by atoms with Crippen LogP contribution >= 0.6 is 11.6 Å². The molecule has 8 nitrogen and oxygen atoms in total. The number of carbonyl (C=O) groups excluding carboxylic acids is 1. The maximum atomic E-state index is 14.3. The Hall–Kier alpha value is -3.37. The van der Waals surface area contributed by atoms with Gasteiger partial charge in [0.1, 0.15) is 11.5 Å². The number of hydrogen-bond donors (Lipinski definition) is 3. The highest BCUT2D eigenvalue weighted by Crippen LogP contribution is 2.31. The number of carbonyl (C=O) groups is 1. The Morgan fingerprint density at radius 1 is 1.25 bits per heavy atom. The number of aromatic nitrogens is 5. The van der Waals surface area contributed by atoms with Crippen molar-refractivity contribution in [1.82, 2.24) is 30.0 Å². The first-order valence-electron chi connectivity index (χ1n) is 11.8. The molecule has 11 heteroatoms.